The van der Waals surface area contributed by atoms with Crippen molar-refractivity contribution in [2.45, 2.75) is 39.0 Å². The summed E-state index contributed by atoms with van der Waals surface area (Å²) in [4.78, 5) is 24.8. The van der Waals surface area contributed by atoms with Crippen LogP contribution in [0.1, 0.15) is 25.0 Å². The molecule has 0 saturated carbocycles. The van der Waals surface area contributed by atoms with E-state index in [4.69, 9.17) is 9.47 Å². The molecule has 1 unspecified atom stereocenters. The van der Waals surface area contributed by atoms with E-state index in [-0.39, 0.29) is 6.61 Å². The smallest absolute Gasteiger partial charge is 0.348 e. The van der Waals surface area contributed by atoms with Crippen LogP contribution in [0.4, 0.5) is 0 Å². The minimum Gasteiger partial charge on any atom is -0.462 e. The Balaban J connectivity index is 1.71. The van der Waals surface area contributed by atoms with Gasteiger partial charge in [-0.3, -0.25) is 4.79 Å². The summed E-state index contributed by atoms with van der Waals surface area (Å²) >= 11 is 0. The number of nitrogens with one attached hydrogen (secondary N) is 1. The Morgan fingerprint density at radius 2 is 1.70 bits per heavy atom. The first-order valence-electron chi connectivity index (χ1n) is 9.14. The van der Waals surface area contributed by atoms with E-state index in [1.54, 1.807) is 0 Å². The van der Waals surface area contributed by atoms with Crippen molar-refractivity contribution in [3.63, 3.8) is 0 Å². The van der Waals surface area contributed by atoms with E-state index in [1.165, 1.54) is 0 Å². The van der Waals surface area contributed by atoms with Crippen LogP contribution in [0.3, 0.4) is 0 Å². The van der Waals surface area contributed by atoms with Crippen LogP contribution in [0.5, 0.6) is 0 Å². The molecule has 5 nitrogen and oxygen atoms in total. The highest BCUT2D eigenvalue weighted by Gasteiger charge is 2.47. The molecule has 1 fully saturated rings. The summed E-state index contributed by atoms with van der Waals surface area (Å²) in [6.45, 7) is 4.51. The topological polar surface area (TPSA) is 64.6 Å². The third-order valence-corrected chi connectivity index (χ3v) is 4.71. The molecule has 0 radical (unpaired) electrons. The third-order valence-electron chi connectivity index (χ3n) is 4.71. The van der Waals surface area contributed by atoms with Crippen LogP contribution in [0, 0.1) is 5.41 Å². The van der Waals surface area contributed by atoms with Gasteiger partial charge in [-0.25, -0.2) is 4.79 Å². The van der Waals surface area contributed by atoms with Gasteiger partial charge in [-0.1, -0.05) is 74.5 Å². The molecule has 1 saturated heterocycles. The van der Waals surface area contributed by atoms with Gasteiger partial charge in [-0.05, 0) is 17.5 Å². The van der Waals surface area contributed by atoms with E-state index in [2.05, 4.69) is 5.32 Å². The van der Waals surface area contributed by atoms with Gasteiger partial charge in [0.25, 0.3) is 0 Å². The molecule has 1 aliphatic rings. The van der Waals surface area contributed by atoms with Crippen molar-refractivity contribution in [3.05, 3.63) is 71.8 Å². The predicted octanol–water partition coefficient (Wildman–Crippen LogP) is 2.88. The van der Waals surface area contributed by atoms with Crippen molar-refractivity contribution >= 4 is 11.9 Å². The minimum absolute atomic E-state index is 0.255. The molecule has 0 aromatic heterocycles. The summed E-state index contributed by atoms with van der Waals surface area (Å²) in [6.07, 6.45) is -0.392. The molecule has 0 aliphatic carbocycles. The second-order valence-corrected chi connectivity index (χ2v) is 7.52. The predicted molar refractivity (Wildman–Crippen MR) is 102 cm³/mol. The number of carbonyl (C=O) groups excluding carboxylic acids is 2. The maximum atomic E-state index is 12.9. The van der Waals surface area contributed by atoms with E-state index in [0.29, 0.717) is 13.0 Å². The molecule has 2 aromatic carbocycles. The molecule has 1 N–H and O–H groups in total. The Morgan fingerprint density at radius 1 is 1.11 bits per heavy atom. The third kappa shape index (κ3) is 4.95. The van der Waals surface area contributed by atoms with Crippen molar-refractivity contribution in [3.8, 4) is 0 Å². The van der Waals surface area contributed by atoms with E-state index in [9.17, 15) is 9.59 Å². The first kappa shape index (κ1) is 19.1. The highest BCUT2D eigenvalue weighted by molar-refractivity contribution is 5.84. The van der Waals surface area contributed by atoms with Crippen molar-refractivity contribution in [1.29, 1.82) is 0 Å². The minimum atomic E-state index is -0.873. The second-order valence-electron chi connectivity index (χ2n) is 7.52. The van der Waals surface area contributed by atoms with Gasteiger partial charge >= 0.3 is 11.9 Å². The zero-order valence-corrected chi connectivity index (χ0v) is 15.7. The van der Waals surface area contributed by atoms with Gasteiger partial charge in [0.05, 0.1) is 0 Å². The summed E-state index contributed by atoms with van der Waals surface area (Å²) in [6, 6.07) is 19.0. The highest BCUT2D eigenvalue weighted by atomic mass is 16.6. The van der Waals surface area contributed by atoms with E-state index in [0.717, 1.165) is 11.1 Å². The fraction of sp³-hybridized carbons (Fsp3) is 0.364. The van der Waals surface area contributed by atoms with Crippen LogP contribution in [0.25, 0.3) is 0 Å². The van der Waals surface area contributed by atoms with Crippen LogP contribution >= 0.6 is 0 Å². The lowest BCUT2D eigenvalue weighted by Gasteiger charge is -2.25. The molecule has 142 valence electrons. The molecule has 3 rings (SSSR count). The summed E-state index contributed by atoms with van der Waals surface area (Å²) in [5, 5.41) is 3.27. The molecule has 1 heterocycles. The van der Waals surface area contributed by atoms with Gasteiger partial charge in [-0.15, -0.1) is 0 Å². The largest absolute Gasteiger partial charge is 0.462 e. The number of carbonyl (C=O) groups is 2. The lowest BCUT2D eigenvalue weighted by atomic mass is 9.89. The van der Waals surface area contributed by atoms with Crippen molar-refractivity contribution in [1.82, 2.24) is 5.32 Å². The number of hydrogen-bond acceptors (Lipinski definition) is 5. The SMILES string of the molecule is CC1(C)COC(=O)[C@@H]1OC(=O)C(Cc1ccccc1)NCc1ccccc1. The summed E-state index contributed by atoms with van der Waals surface area (Å²) < 4.78 is 10.7. The Hall–Kier alpha value is -2.66. The Kier molecular flexibility index (Phi) is 5.91. The number of hydrogen-bond donors (Lipinski definition) is 1. The molecule has 0 spiro atoms. The lowest BCUT2D eigenvalue weighted by Crippen LogP contribution is -2.44. The Bertz CT molecular complexity index is 773. The van der Waals surface area contributed by atoms with Gasteiger partial charge < -0.3 is 14.8 Å². The quantitative estimate of drug-likeness (QED) is 0.763. The normalized spacial score (nSPS) is 19.3. The zero-order valence-electron chi connectivity index (χ0n) is 15.7. The van der Waals surface area contributed by atoms with E-state index in [1.807, 2.05) is 74.5 Å². The molecule has 1 aliphatic heterocycles. The van der Waals surface area contributed by atoms with Gasteiger partial charge in [0.1, 0.15) is 12.6 Å². The van der Waals surface area contributed by atoms with Gasteiger partial charge in [-0.2, -0.15) is 0 Å². The first-order valence-corrected chi connectivity index (χ1v) is 9.14. The van der Waals surface area contributed by atoms with Crippen LogP contribution in [0.15, 0.2) is 60.7 Å². The molecule has 2 aromatic rings. The maximum Gasteiger partial charge on any atom is 0.348 e. The standard InChI is InChI=1S/C22H25NO4/c1-22(2)15-26-21(25)19(22)27-20(24)18(13-16-9-5-3-6-10-16)23-14-17-11-7-4-8-12-17/h3-12,18-19,23H,13-15H2,1-2H3/t18?,19-/m0/s1. The Labute approximate surface area is 159 Å². The van der Waals surface area contributed by atoms with Gasteiger partial charge in [0, 0.05) is 12.0 Å². The number of ether oxygens (including phenoxy) is 2. The number of esters is 2. The van der Waals surface area contributed by atoms with Crippen molar-refractivity contribution in [2.24, 2.45) is 5.41 Å². The highest BCUT2D eigenvalue weighted by Crippen LogP contribution is 2.31. The molecule has 27 heavy (non-hydrogen) atoms. The van der Waals surface area contributed by atoms with Crippen LogP contribution in [0.2, 0.25) is 0 Å². The lowest BCUT2D eigenvalue weighted by molar-refractivity contribution is -0.164. The summed E-state index contributed by atoms with van der Waals surface area (Å²) in [7, 11) is 0. The fourth-order valence-electron chi connectivity index (χ4n) is 3.06. The molecular formula is C22H25NO4. The number of rotatable bonds is 7. The van der Waals surface area contributed by atoms with Crippen LogP contribution < -0.4 is 5.32 Å². The van der Waals surface area contributed by atoms with E-state index >= 15 is 0 Å². The van der Waals surface area contributed by atoms with Crippen molar-refractivity contribution in [2.75, 3.05) is 6.61 Å². The molecule has 0 bridgehead atoms. The molecular weight excluding hydrogens is 342 g/mol. The monoisotopic (exact) mass is 367 g/mol. The second kappa shape index (κ2) is 8.35. The van der Waals surface area contributed by atoms with Gasteiger partial charge in [0.2, 0.25) is 6.10 Å². The molecule has 0 amide bonds. The maximum absolute atomic E-state index is 12.9. The number of benzene rings is 2. The molecule has 5 heteroatoms. The van der Waals surface area contributed by atoms with Crippen LogP contribution in [-0.2, 0) is 32.0 Å². The summed E-state index contributed by atoms with van der Waals surface area (Å²) in [5.41, 5.74) is 1.57. The van der Waals surface area contributed by atoms with Crippen molar-refractivity contribution < 1.29 is 19.1 Å². The Morgan fingerprint density at radius 3 is 2.26 bits per heavy atom. The number of cyclic esters (lactones) is 1. The molecule has 2 atom stereocenters. The average molecular weight is 367 g/mol. The fourth-order valence-corrected chi connectivity index (χ4v) is 3.06. The van der Waals surface area contributed by atoms with Gasteiger partial charge in [0.15, 0.2) is 0 Å². The zero-order chi connectivity index (χ0) is 19.3. The van der Waals surface area contributed by atoms with E-state index < -0.39 is 29.5 Å². The summed E-state index contributed by atoms with van der Waals surface area (Å²) in [5.74, 6) is -0.915. The first-order chi connectivity index (χ1) is 13.0. The van der Waals surface area contributed by atoms with Crippen LogP contribution in [-0.4, -0.2) is 30.7 Å². The average Bonchev–Trinajstić information content (AvgIpc) is 2.93.